The molecule has 0 N–H and O–H groups in total. The third kappa shape index (κ3) is 9.52. The molecule has 0 aromatic rings. The summed E-state index contributed by atoms with van der Waals surface area (Å²) < 4.78 is 0. The van der Waals surface area contributed by atoms with Crippen molar-refractivity contribution in [1.29, 1.82) is 0 Å². The molecule has 1 saturated carbocycles. The van der Waals surface area contributed by atoms with Crippen molar-refractivity contribution >= 4 is 0 Å². The van der Waals surface area contributed by atoms with Crippen LogP contribution < -0.4 is 0 Å². The monoisotopic (exact) mass is 272 g/mol. The molecule has 0 unspecified atom stereocenters. The fourth-order valence-electron chi connectivity index (χ4n) is 2.39. The molecule has 0 bridgehead atoms. The Labute approximate surface area is 125 Å². The summed E-state index contributed by atoms with van der Waals surface area (Å²) in [6.45, 7) is 21.9. The third-order valence-electron chi connectivity index (χ3n) is 4.56. The highest BCUT2D eigenvalue weighted by Crippen LogP contribution is 2.61. The first-order valence-corrected chi connectivity index (χ1v) is 8.99. The van der Waals surface area contributed by atoms with Crippen molar-refractivity contribution in [3.63, 3.8) is 0 Å². The van der Waals surface area contributed by atoms with Crippen LogP contribution in [0.3, 0.4) is 0 Å². The Morgan fingerprint density at radius 2 is 1.16 bits per heavy atom. The molecule has 0 heterocycles. The van der Waals surface area contributed by atoms with Gasteiger partial charge in [0.1, 0.15) is 0 Å². The van der Waals surface area contributed by atoms with Crippen LogP contribution in [0.2, 0.25) is 0 Å². The lowest BCUT2D eigenvalue weighted by atomic mass is 9.72. The SMILES string of the molecule is CC.CC.CCC(C)(C)C1(CC)CC1.CCCCC. The normalized spacial score (nSPS) is 14.8. The van der Waals surface area contributed by atoms with Crippen molar-refractivity contribution in [2.24, 2.45) is 10.8 Å². The molecule has 0 nitrogen and oxygen atoms in total. The van der Waals surface area contributed by atoms with E-state index in [2.05, 4.69) is 41.5 Å². The Morgan fingerprint density at radius 3 is 1.21 bits per heavy atom. The first kappa shape index (κ1) is 24.0. The molecule has 1 fully saturated rings. The average Bonchev–Trinajstić information content (AvgIpc) is 3.26. The van der Waals surface area contributed by atoms with Gasteiger partial charge in [0.15, 0.2) is 0 Å². The summed E-state index contributed by atoms with van der Waals surface area (Å²) in [5.41, 5.74) is 1.34. The molecule has 0 amide bonds. The van der Waals surface area contributed by atoms with Gasteiger partial charge in [0.05, 0.1) is 0 Å². The van der Waals surface area contributed by atoms with Crippen LogP contribution in [-0.4, -0.2) is 0 Å². The van der Waals surface area contributed by atoms with Gasteiger partial charge in [-0.2, -0.15) is 0 Å². The lowest BCUT2D eigenvalue weighted by molar-refractivity contribution is 0.172. The fraction of sp³-hybridized carbons (Fsp3) is 1.00. The molecule has 0 spiro atoms. The van der Waals surface area contributed by atoms with E-state index in [0.717, 1.165) is 5.41 Å². The van der Waals surface area contributed by atoms with E-state index in [9.17, 15) is 0 Å². The lowest BCUT2D eigenvalue weighted by Crippen LogP contribution is -2.23. The Morgan fingerprint density at radius 1 is 0.789 bits per heavy atom. The largest absolute Gasteiger partial charge is 0.0683 e. The highest BCUT2D eigenvalue weighted by Gasteiger charge is 2.51. The fourth-order valence-corrected chi connectivity index (χ4v) is 2.39. The maximum atomic E-state index is 2.42. The van der Waals surface area contributed by atoms with Crippen LogP contribution in [0.4, 0.5) is 0 Å². The van der Waals surface area contributed by atoms with E-state index in [-0.39, 0.29) is 0 Å². The highest BCUT2D eigenvalue weighted by atomic mass is 14.6. The summed E-state index contributed by atoms with van der Waals surface area (Å²) in [6.07, 6.45) is 9.75. The number of hydrogen-bond donors (Lipinski definition) is 0. The second-order valence-electron chi connectivity index (χ2n) is 5.72. The first-order valence-electron chi connectivity index (χ1n) is 8.99. The van der Waals surface area contributed by atoms with Crippen LogP contribution >= 0.6 is 0 Å². The summed E-state index contributed by atoms with van der Waals surface area (Å²) in [4.78, 5) is 0. The van der Waals surface area contributed by atoms with Crippen LogP contribution in [0.15, 0.2) is 0 Å². The average molecular weight is 273 g/mol. The van der Waals surface area contributed by atoms with Gasteiger partial charge < -0.3 is 0 Å². The van der Waals surface area contributed by atoms with Crippen LogP contribution in [0.5, 0.6) is 0 Å². The topological polar surface area (TPSA) is 0 Å². The van der Waals surface area contributed by atoms with Crippen LogP contribution in [0.1, 0.15) is 114 Å². The molecular formula is C19H44. The lowest BCUT2D eigenvalue weighted by Gasteiger charge is -2.33. The summed E-state index contributed by atoms with van der Waals surface area (Å²) in [7, 11) is 0. The van der Waals surface area contributed by atoms with Gasteiger partial charge in [-0.3, -0.25) is 0 Å². The third-order valence-corrected chi connectivity index (χ3v) is 4.56. The molecule has 0 heteroatoms. The molecule has 120 valence electrons. The summed E-state index contributed by atoms with van der Waals surface area (Å²) in [6, 6.07) is 0. The van der Waals surface area contributed by atoms with Crippen LogP contribution in [0, 0.1) is 10.8 Å². The predicted molar refractivity (Wildman–Crippen MR) is 93.9 cm³/mol. The zero-order valence-corrected chi connectivity index (χ0v) is 15.9. The van der Waals surface area contributed by atoms with E-state index in [1.807, 2.05) is 27.7 Å². The Bertz CT molecular complexity index is 145. The van der Waals surface area contributed by atoms with E-state index < -0.39 is 0 Å². The number of rotatable bonds is 5. The van der Waals surface area contributed by atoms with Gasteiger partial charge in [-0.25, -0.2) is 0 Å². The van der Waals surface area contributed by atoms with Crippen molar-refractivity contribution in [3.05, 3.63) is 0 Å². The van der Waals surface area contributed by atoms with Crippen molar-refractivity contribution in [2.75, 3.05) is 0 Å². The van der Waals surface area contributed by atoms with E-state index in [1.54, 1.807) is 0 Å². The zero-order valence-electron chi connectivity index (χ0n) is 15.9. The van der Waals surface area contributed by atoms with Gasteiger partial charge in [-0.15, -0.1) is 0 Å². The molecule has 0 aliphatic heterocycles. The molecule has 0 aromatic carbocycles. The molecular weight excluding hydrogens is 228 g/mol. The maximum Gasteiger partial charge on any atom is -0.0249 e. The quantitative estimate of drug-likeness (QED) is 0.477. The molecule has 1 aliphatic carbocycles. The van der Waals surface area contributed by atoms with Gasteiger partial charge >= 0.3 is 0 Å². The maximum absolute atomic E-state index is 2.42. The first-order chi connectivity index (χ1) is 8.99. The van der Waals surface area contributed by atoms with Crippen LogP contribution in [0.25, 0.3) is 0 Å². The Hall–Kier alpha value is 0. The van der Waals surface area contributed by atoms with Gasteiger partial charge in [-0.05, 0) is 30.1 Å². The molecule has 1 rings (SSSR count). The second-order valence-corrected chi connectivity index (χ2v) is 5.72. The van der Waals surface area contributed by atoms with Crippen molar-refractivity contribution < 1.29 is 0 Å². The Kier molecular flexibility index (Phi) is 18.2. The molecule has 0 atom stereocenters. The van der Waals surface area contributed by atoms with Crippen molar-refractivity contribution in [2.45, 2.75) is 114 Å². The standard InChI is InChI=1S/C10H20.C5H12.2C2H6/c1-5-9(3,4)10(6-2)7-8-10;1-3-5-4-2;2*1-2/h5-8H2,1-4H3;3-5H2,1-2H3;2*1-2H3. The smallest absolute Gasteiger partial charge is 0.0249 e. The van der Waals surface area contributed by atoms with E-state index >= 15 is 0 Å². The van der Waals surface area contributed by atoms with Crippen molar-refractivity contribution in [3.8, 4) is 0 Å². The molecule has 0 saturated heterocycles. The highest BCUT2D eigenvalue weighted by molar-refractivity contribution is 5.01. The summed E-state index contributed by atoms with van der Waals surface area (Å²) in [5, 5.41) is 0. The van der Waals surface area contributed by atoms with Gasteiger partial charge in [0, 0.05) is 0 Å². The molecule has 1 aliphatic rings. The number of unbranched alkanes of at least 4 members (excludes halogenated alkanes) is 2. The predicted octanol–water partition coefficient (Wildman–Crippen LogP) is 7.86. The van der Waals surface area contributed by atoms with E-state index in [4.69, 9.17) is 0 Å². The van der Waals surface area contributed by atoms with E-state index in [0.29, 0.717) is 5.41 Å². The Balaban J connectivity index is -0.000000242. The van der Waals surface area contributed by atoms with Gasteiger partial charge in [0.25, 0.3) is 0 Å². The molecule has 19 heavy (non-hydrogen) atoms. The second kappa shape index (κ2) is 14.4. The molecule has 0 aromatic heterocycles. The number of hydrogen-bond acceptors (Lipinski definition) is 0. The van der Waals surface area contributed by atoms with Gasteiger partial charge in [0.2, 0.25) is 0 Å². The molecule has 0 radical (unpaired) electrons. The minimum atomic E-state index is 0.599. The van der Waals surface area contributed by atoms with Gasteiger partial charge in [-0.1, -0.05) is 94.9 Å². The van der Waals surface area contributed by atoms with Crippen LogP contribution in [-0.2, 0) is 0 Å². The summed E-state index contributed by atoms with van der Waals surface area (Å²) in [5.74, 6) is 0. The summed E-state index contributed by atoms with van der Waals surface area (Å²) >= 11 is 0. The minimum absolute atomic E-state index is 0.599. The minimum Gasteiger partial charge on any atom is -0.0683 e. The van der Waals surface area contributed by atoms with E-state index in [1.165, 1.54) is 44.9 Å². The zero-order chi connectivity index (χ0) is 15.9. The van der Waals surface area contributed by atoms with Crippen molar-refractivity contribution in [1.82, 2.24) is 0 Å².